The molecule has 0 amide bonds. The Morgan fingerprint density at radius 1 is 1.35 bits per heavy atom. The van der Waals surface area contributed by atoms with Crippen molar-refractivity contribution in [2.24, 2.45) is 11.8 Å². The van der Waals surface area contributed by atoms with Crippen LogP contribution >= 0.6 is 0 Å². The molecule has 0 saturated carbocycles. The van der Waals surface area contributed by atoms with Crippen molar-refractivity contribution in [3.8, 4) is 0 Å². The van der Waals surface area contributed by atoms with Gasteiger partial charge in [0.25, 0.3) is 0 Å². The quantitative estimate of drug-likeness (QED) is 0.893. The third-order valence-electron chi connectivity index (χ3n) is 4.40. The summed E-state index contributed by atoms with van der Waals surface area (Å²) in [7, 11) is 0. The molecule has 1 aromatic rings. The first-order valence-corrected chi connectivity index (χ1v) is 7.54. The van der Waals surface area contributed by atoms with E-state index in [-0.39, 0.29) is 12.0 Å². The number of benzene rings is 1. The molecule has 1 aromatic carbocycles. The van der Waals surface area contributed by atoms with E-state index in [1.807, 2.05) is 6.07 Å². The lowest BCUT2D eigenvalue weighted by atomic mass is 9.94. The number of nitrogens with zero attached hydrogens (tertiary/aromatic N) is 1. The molecular formula is C17H25NO2. The maximum Gasteiger partial charge on any atom is 0.308 e. The van der Waals surface area contributed by atoms with Crippen LogP contribution in [0.25, 0.3) is 0 Å². The molecule has 1 aliphatic heterocycles. The fourth-order valence-corrected chi connectivity index (χ4v) is 3.32. The largest absolute Gasteiger partial charge is 0.481 e. The highest BCUT2D eigenvalue weighted by Gasteiger charge is 2.39. The Kier molecular flexibility index (Phi) is 4.81. The molecule has 3 heteroatoms. The molecular weight excluding hydrogens is 250 g/mol. The molecule has 0 radical (unpaired) electrons. The van der Waals surface area contributed by atoms with Gasteiger partial charge in [0.2, 0.25) is 0 Å². The minimum Gasteiger partial charge on any atom is -0.481 e. The van der Waals surface area contributed by atoms with Crippen molar-refractivity contribution in [2.75, 3.05) is 6.54 Å². The normalized spacial score (nSPS) is 25.0. The van der Waals surface area contributed by atoms with E-state index < -0.39 is 5.97 Å². The Hall–Kier alpha value is -1.35. The van der Waals surface area contributed by atoms with Gasteiger partial charge in [-0.2, -0.15) is 0 Å². The minimum absolute atomic E-state index is 0.108. The molecule has 3 atom stereocenters. The molecule has 2 rings (SSSR count). The van der Waals surface area contributed by atoms with Gasteiger partial charge < -0.3 is 5.11 Å². The summed E-state index contributed by atoms with van der Waals surface area (Å²) < 4.78 is 0. The van der Waals surface area contributed by atoms with E-state index >= 15 is 0 Å². The van der Waals surface area contributed by atoms with E-state index in [0.717, 1.165) is 19.4 Å². The summed E-state index contributed by atoms with van der Waals surface area (Å²) in [5, 5.41) is 9.31. The number of hydrogen-bond donors (Lipinski definition) is 1. The van der Waals surface area contributed by atoms with E-state index in [2.05, 4.69) is 49.9 Å². The number of hydrogen-bond acceptors (Lipinski definition) is 2. The molecule has 0 bridgehead atoms. The summed E-state index contributed by atoms with van der Waals surface area (Å²) in [6.07, 6.45) is 1.83. The molecule has 1 saturated heterocycles. The van der Waals surface area contributed by atoms with Gasteiger partial charge in [-0.15, -0.1) is 0 Å². The molecule has 1 fully saturated rings. The van der Waals surface area contributed by atoms with E-state index in [1.165, 1.54) is 5.56 Å². The third kappa shape index (κ3) is 3.21. The fourth-order valence-electron chi connectivity index (χ4n) is 3.32. The van der Waals surface area contributed by atoms with Gasteiger partial charge in [0, 0.05) is 12.1 Å². The second kappa shape index (κ2) is 6.40. The average molecular weight is 275 g/mol. The molecule has 0 aromatic heterocycles. The highest BCUT2D eigenvalue weighted by molar-refractivity contribution is 5.71. The summed E-state index contributed by atoms with van der Waals surface area (Å²) in [5.74, 6) is -0.291. The van der Waals surface area contributed by atoms with Crippen molar-refractivity contribution in [3.05, 3.63) is 35.9 Å². The lowest BCUT2D eigenvalue weighted by Crippen LogP contribution is -2.36. The maximum atomic E-state index is 11.3. The average Bonchev–Trinajstić information content (AvgIpc) is 2.79. The van der Waals surface area contributed by atoms with Crippen LogP contribution in [0, 0.1) is 11.8 Å². The van der Waals surface area contributed by atoms with Crippen molar-refractivity contribution < 1.29 is 9.90 Å². The number of rotatable bonds is 5. The summed E-state index contributed by atoms with van der Waals surface area (Å²) in [5.41, 5.74) is 1.30. The minimum atomic E-state index is -0.656. The van der Waals surface area contributed by atoms with E-state index in [4.69, 9.17) is 0 Å². The van der Waals surface area contributed by atoms with Crippen LogP contribution in [0.2, 0.25) is 0 Å². The predicted octanol–water partition coefficient (Wildman–Crippen LogP) is 3.57. The number of carboxylic acids is 1. The Balaban J connectivity index is 2.22. The first-order valence-electron chi connectivity index (χ1n) is 7.54. The molecule has 0 spiro atoms. The van der Waals surface area contributed by atoms with E-state index in [1.54, 1.807) is 0 Å². The monoisotopic (exact) mass is 275 g/mol. The Morgan fingerprint density at radius 2 is 2.00 bits per heavy atom. The van der Waals surface area contributed by atoms with Gasteiger partial charge in [-0.1, -0.05) is 44.2 Å². The van der Waals surface area contributed by atoms with Gasteiger partial charge in [-0.3, -0.25) is 9.69 Å². The molecule has 20 heavy (non-hydrogen) atoms. The predicted molar refractivity (Wildman–Crippen MR) is 80.5 cm³/mol. The Morgan fingerprint density at radius 3 is 2.50 bits per heavy atom. The van der Waals surface area contributed by atoms with Gasteiger partial charge in [-0.25, -0.2) is 0 Å². The van der Waals surface area contributed by atoms with Crippen molar-refractivity contribution >= 4 is 5.97 Å². The second-order valence-electron chi connectivity index (χ2n) is 6.27. The number of carboxylic acid groups (broad SMARTS) is 1. The standard InChI is InChI=1S/C17H25NO2/c1-12(2)11-16(14-7-5-4-6-8-14)18-10-9-15(13(18)3)17(19)20/h4-8,12-13,15-16H,9-11H2,1-3H3,(H,19,20). The summed E-state index contributed by atoms with van der Waals surface area (Å²) >= 11 is 0. The zero-order valence-corrected chi connectivity index (χ0v) is 12.6. The SMILES string of the molecule is CC(C)CC(c1ccccc1)N1CCC(C(=O)O)C1C. The number of likely N-dealkylation sites (tertiary alicyclic amines) is 1. The van der Waals surface area contributed by atoms with Crippen molar-refractivity contribution in [1.29, 1.82) is 0 Å². The van der Waals surface area contributed by atoms with Crippen LogP contribution < -0.4 is 0 Å². The molecule has 1 heterocycles. The Bertz CT molecular complexity index is 444. The van der Waals surface area contributed by atoms with Gasteiger partial charge in [0.05, 0.1) is 5.92 Å². The van der Waals surface area contributed by atoms with E-state index in [0.29, 0.717) is 12.0 Å². The smallest absolute Gasteiger partial charge is 0.308 e. The lowest BCUT2D eigenvalue weighted by Gasteiger charge is -2.34. The second-order valence-corrected chi connectivity index (χ2v) is 6.27. The van der Waals surface area contributed by atoms with Crippen LogP contribution in [0.3, 0.4) is 0 Å². The van der Waals surface area contributed by atoms with Crippen LogP contribution in [0.4, 0.5) is 0 Å². The first-order chi connectivity index (χ1) is 9.50. The van der Waals surface area contributed by atoms with Gasteiger partial charge >= 0.3 is 5.97 Å². The van der Waals surface area contributed by atoms with Crippen molar-refractivity contribution in [3.63, 3.8) is 0 Å². The van der Waals surface area contributed by atoms with Gasteiger partial charge in [0.15, 0.2) is 0 Å². The molecule has 3 nitrogen and oxygen atoms in total. The van der Waals surface area contributed by atoms with Crippen molar-refractivity contribution in [2.45, 2.75) is 45.7 Å². The van der Waals surface area contributed by atoms with Crippen LogP contribution in [0.15, 0.2) is 30.3 Å². The highest BCUT2D eigenvalue weighted by atomic mass is 16.4. The molecule has 3 unspecified atom stereocenters. The molecule has 1 N–H and O–H groups in total. The summed E-state index contributed by atoms with van der Waals surface area (Å²) in [6.45, 7) is 7.39. The number of aliphatic carboxylic acids is 1. The van der Waals surface area contributed by atoms with Crippen LogP contribution in [-0.4, -0.2) is 28.6 Å². The van der Waals surface area contributed by atoms with Crippen LogP contribution in [0.1, 0.15) is 45.2 Å². The Labute approximate surface area is 121 Å². The zero-order valence-electron chi connectivity index (χ0n) is 12.6. The van der Waals surface area contributed by atoms with Gasteiger partial charge in [-0.05, 0) is 37.8 Å². The third-order valence-corrected chi connectivity index (χ3v) is 4.40. The lowest BCUT2D eigenvalue weighted by molar-refractivity contribution is -0.142. The molecule has 110 valence electrons. The molecule has 0 aliphatic carbocycles. The van der Waals surface area contributed by atoms with Crippen molar-refractivity contribution in [1.82, 2.24) is 4.90 Å². The maximum absolute atomic E-state index is 11.3. The summed E-state index contributed by atoms with van der Waals surface area (Å²) in [6, 6.07) is 10.9. The zero-order chi connectivity index (χ0) is 14.7. The topological polar surface area (TPSA) is 40.5 Å². The fraction of sp³-hybridized carbons (Fsp3) is 0.588. The van der Waals surface area contributed by atoms with Crippen LogP contribution in [0.5, 0.6) is 0 Å². The highest BCUT2D eigenvalue weighted by Crippen LogP contribution is 2.36. The first kappa shape index (κ1) is 15.0. The van der Waals surface area contributed by atoms with E-state index in [9.17, 15) is 9.90 Å². The molecule has 1 aliphatic rings. The van der Waals surface area contributed by atoms with Crippen LogP contribution in [-0.2, 0) is 4.79 Å². The summed E-state index contributed by atoms with van der Waals surface area (Å²) in [4.78, 5) is 13.7. The van der Waals surface area contributed by atoms with Gasteiger partial charge in [0.1, 0.15) is 0 Å². The number of carbonyl (C=O) groups is 1.